The lowest BCUT2D eigenvalue weighted by molar-refractivity contribution is 0.174. The van der Waals surface area contributed by atoms with E-state index in [1.54, 1.807) is 30.3 Å². The molecule has 0 amide bonds. The van der Waals surface area contributed by atoms with Gasteiger partial charge in [0.1, 0.15) is 17.8 Å². The Hall–Kier alpha value is -2.73. The van der Waals surface area contributed by atoms with Crippen molar-refractivity contribution in [3.63, 3.8) is 0 Å². The summed E-state index contributed by atoms with van der Waals surface area (Å²) in [5.41, 5.74) is 2.89. The van der Waals surface area contributed by atoms with Gasteiger partial charge in [0, 0.05) is 0 Å². The minimum Gasteiger partial charge on any atom is -0.454 e. The molecule has 16 heavy (non-hydrogen) atoms. The molecular weight excluding hydrogens is 208 g/mol. The number of nitrogens with zero attached hydrogens (tertiary/aromatic N) is 3. The number of anilines is 1. The maximum Gasteiger partial charge on any atom is 0.237 e. The molecule has 0 saturated carbocycles. The van der Waals surface area contributed by atoms with Gasteiger partial charge in [-0.2, -0.15) is 15.6 Å². The Bertz CT molecular complexity index is 509. The van der Waals surface area contributed by atoms with Crippen molar-refractivity contribution in [1.82, 2.24) is 0 Å². The van der Waals surface area contributed by atoms with Crippen LogP contribution in [0.25, 0.3) is 0 Å². The third kappa shape index (κ3) is 1.72. The van der Waals surface area contributed by atoms with E-state index in [0.717, 1.165) is 0 Å². The molecule has 1 aliphatic rings. The second-order valence-electron chi connectivity index (χ2n) is 2.84. The van der Waals surface area contributed by atoms with E-state index in [1.807, 2.05) is 0 Å². The average Bonchev–Trinajstić information content (AvgIpc) is 2.79. The SMILES string of the molecule is N#CC(C#N)=NNc1cccc2c1OCO2. The number of benzene rings is 1. The van der Waals surface area contributed by atoms with Crippen molar-refractivity contribution in [3.8, 4) is 23.6 Å². The van der Waals surface area contributed by atoms with Gasteiger partial charge in [-0.15, -0.1) is 0 Å². The molecule has 6 heteroatoms. The lowest BCUT2D eigenvalue weighted by Gasteiger charge is -2.03. The second kappa shape index (κ2) is 4.20. The topological polar surface area (TPSA) is 90.4 Å². The highest BCUT2D eigenvalue weighted by molar-refractivity contribution is 6.10. The fourth-order valence-electron chi connectivity index (χ4n) is 1.21. The lowest BCUT2D eigenvalue weighted by atomic mass is 10.3. The quantitative estimate of drug-likeness (QED) is 0.590. The zero-order valence-electron chi connectivity index (χ0n) is 8.10. The van der Waals surface area contributed by atoms with Crippen molar-refractivity contribution >= 4 is 11.4 Å². The third-order valence-corrected chi connectivity index (χ3v) is 1.90. The molecular formula is C10H6N4O2. The Morgan fingerprint density at radius 3 is 2.88 bits per heavy atom. The summed E-state index contributed by atoms with van der Waals surface area (Å²) in [6.07, 6.45) is 0. The maximum absolute atomic E-state index is 8.50. The molecule has 0 unspecified atom stereocenters. The van der Waals surface area contributed by atoms with Crippen molar-refractivity contribution in [2.24, 2.45) is 5.10 Å². The fraction of sp³-hybridized carbons (Fsp3) is 0.100. The van der Waals surface area contributed by atoms with Gasteiger partial charge in [0.15, 0.2) is 11.5 Å². The molecule has 1 aromatic carbocycles. The predicted octanol–water partition coefficient (Wildman–Crippen LogP) is 1.23. The minimum atomic E-state index is -0.253. The van der Waals surface area contributed by atoms with Crippen LogP contribution in [0.1, 0.15) is 0 Å². The summed E-state index contributed by atoms with van der Waals surface area (Å²) < 4.78 is 10.4. The lowest BCUT2D eigenvalue weighted by Crippen LogP contribution is -1.98. The Morgan fingerprint density at radius 1 is 1.31 bits per heavy atom. The van der Waals surface area contributed by atoms with Crippen LogP contribution in [0, 0.1) is 22.7 Å². The van der Waals surface area contributed by atoms with E-state index in [-0.39, 0.29) is 12.5 Å². The summed E-state index contributed by atoms with van der Waals surface area (Å²) in [4.78, 5) is 0. The van der Waals surface area contributed by atoms with Crippen molar-refractivity contribution in [2.75, 3.05) is 12.2 Å². The van der Waals surface area contributed by atoms with Crippen LogP contribution in [0.15, 0.2) is 23.3 Å². The van der Waals surface area contributed by atoms with E-state index in [2.05, 4.69) is 10.5 Å². The summed E-state index contributed by atoms with van der Waals surface area (Å²) in [5, 5.41) is 20.6. The molecule has 0 saturated heterocycles. The summed E-state index contributed by atoms with van der Waals surface area (Å²) in [6, 6.07) is 8.51. The highest BCUT2D eigenvalue weighted by atomic mass is 16.7. The molecule has 1 N–H and O–H groups in total. The zero-order chi connectivity index (χ0) is 11.4. The molecule has 1 aromatic rings. The molecule has 78 valence electrons. The van der Waals surface area contributed by atoms with Crippen molar-refractivity contribution in [3.05, 3.63) is 18.2 Å². The molecule has 2 rings (SSSR count). The Labute approximate surface area is 91.3 Å². The van der Waals surface area contributed by atoms with Gasteiger partial charge in [0.25, 0.3) is 0 Å². The van der Waals surface area contributed by atoms with Crippen LogP contribution in [-0.2, 0) is 0 Å². The highest BCUT2D eigenvalue weighted by Crippen LogP contribution is 2.38. The van der Waals surface area contributed by atoms with E-state index in [1.165, 1.54) is 0 Å². The van der Waals surface area contributed by atoms with Crippen LogP contribution in [0.5, 0.6) is 11.5 Å². The largest absolute Gasteiger partial charge is 0.454 e. The van der Waals surface area contributed by atoms with Crippen LogP contribution in [0.2, 0.25) is 0 Å². The van der Waals surface area contributed by atoms with Crippen LogP contribution in [-0.4, -0.2) is 12.5 Å². The van der Waals surface area contributed by atoms with E-state index in [4.69, 9.17) is 20.0 Å². The first-order valence-electron chi connectivity index (χ1n) is 4.37. The van der Waals surface area contributed by atoms with Gasteiger partial charge < -0.3 is 9.47 Å². The molecule has 0 fully saturated rings. The van der Waals surface area contributed by atoms with Gasteiger partial charge in [-0.05, 0) is 12.1 Å². The first kappa shape index (κ1) is 9.81. The second-order valence-corrected chi connectivity index (χ2v) is 2.84. The highest BCUT2D eigenvalue weighted by Gasteiger charge is 2.16. The maximum atomic E-state index is 8.50. The first-order chi connectivity index (χ1) is 7.85. The molecule has 0 aliphatic carbocycles. The van der Waals surface area contributed by atoms with E-state index >= 15 is 0 Å². The Kier molecular flexibility index (Phi) is 2.57. The number of hydrazone groups is 1. The van der Waals surface area contributed by atoms with Crippen molar-refractivity contribution in [1.29, 1.82) is 10.5 Å². The molecule has 0 spiro atoms. The van der Waals surface area contributed by atoms with Gasteiger partial charge >= 0.3 is 0 Å². The fourth-order valence-corrected chi connectivity index (χ4v) is 1.21. The van der Waals surface area contributed by atoms with Crippen molar-refractivity contribution in [2.45, 2.75) is 0 Å². The number of nitrogens with one attached hydrogen (secondary N) is 1. The van der Waals surface area contributed by atoms with Gasteiger partial charge in [-0.25, -0.2) is 0 Å². The van der Waals surface area contributed by atoms with Gasteiger partial charge in [-0.3, -0.25) is 5.43 Å². The minimum absolute atomic E-state index is 0.154. The number of hydrogen-bond acceptors (Lipinski definition) is 6. The normalized spacial score (nSPS) is 11.1. The summed E-state index contributed by atoms with van der Waals surface area (Å²) in [5.74, 6) is 1.14. The van der Waals surface area contributed by atoms with Crippen LogP contribution >= 0.6 is 0 Å². The van der Waals surface area contributed by atoms with E-state index < -0.39 is 0 Å². The summed E-state index contributed by atoms with van der Waals surface area (Å²) in [6.45, 7) is 0.154. The van der Waals surface area contributed by atoms with Crippen LogP contribution in [0.4, 0.5) is 5.69 Å². The number of hydrogen-bond donors (Lipinski definition) is 1. The van der Waals surface area contributed by atoms with Gasteiger partial charge in [0.2, 0.25) is 12.5 Å². The summed E-state index contributed by atoms with van der Waals surface area (Å²) in [7, 11) is 0. The first-order valence-corrected chi connectivity index (χ1v) is 4.37. The molecule has 0 atom stereocenters. The summed E-state index contributed by atoms with van der Waals surface area (Å²) >= 11 is 0. The molecule has 0 bridgehead atoms. The van der Waals surface area contributed by atoms with Gasteiger partial charge in [0.05, 0.1) is 0 Å². The van der Waals surface area contributed by atoms with Gasteiger partial charge in [-0.1, -0.05) is 6.07 Å². The van der Waals surface area contributed by atoms with E-state index in [0.29, 0.717) is 17.2 Å². The number of rotatable bonds is 2. The van der Waals surface area contributed by atoms with E-state index in [9.17, 15) is 0 Å². The van der Waals surface area contributed by atoms with Crippen molar-refractivity contribution < 1.29 is 9.47 Å². The molecule has 6 nitrogen and oxygen atoms in total. The standard InChI is InChI=1S/C10H6N4O2/c11-4-7(5-12)13-14-8-2-1-3-9-10(8)16-6-15-9/h1-3,14H,6H2. The molecule has 0 radical (unpaired) electrons. The Morgan fingerprint density at radius 2 is 2.12 bits per heavy atom. The molecule has 0 aromatic heterocycles. The molecule has 1 aliphatic heterocycles. The number of fused-ring (bicyclic) bond motifs is 1. The number of nitriles is 2. The zero-order valence-corrected chi connectivity index (χ0v) is 8.10. The predicted molar refractivity (Wildman–Crippen MR) is 54.8 cm³/mol. The number of ether oxygens (including phenoxy) is 2. The van der Waals surface area contributed by atoms with Crippen LogP contribution in [0.3, 0.4) is 0 Å². The number of para-hydroxylation sites is 1. The monoisotopic (exact) mass is 214 g/mol. The molecule has 1 heterocycles. The third-order valence-electron chi connectivity index (χ3n) is 1.90. The smallest absolute Gasteiger partial charge is 0.237 e. The average molecular weight is 214 g/mol. The van der Waals surface area contributed by atoms with Crippen LogP contribution < -0.4 is 14.9 Å². The Balaban J connectivity index is 2.25.